The molecule has 1 aliphatic heterocycles. The van der Waals surface area contributed by atoms with Crippen LogP contribution in [0.25, 0.3) is 0 Å². The summed E-state index contributed by atoms with van der Waals surface area (Å²) < 4.78 is 30.0. The second kappa shape index (κ2) is 7.86. The highest BCUT2D eigenvalue weighted by Crippen LogP contribution is 2.22. The van der Waals surface area contributed by atoms with Gasteiger partial charge in [0.25, 0.3) is 0 Å². The van der Waals surface area contributed by atoms with Gasteiger partial charge in [0.15, 0.2) is 0 Å². The smallest absolute Gasteiger partial charge is 0.394 e. The van der Waals surface area contributed by atoms with E-state index in [2.05, 4.69) is 38.5 Å². The Morgan fingerprint density at radius 2 is 2.00 bits per heavy atom. The van der Waals surface area contributed by atoms with E-state index < -0.39 is 6.11 Å². The number of likely N-dealkylation sites (tertiary alicyclic amines) is 1. The van der Waals surface area contributed by atoms with Crippen LogP contribution in [-0.4, -0.2) is 42.7 Å². The van der Waals surface area contributed by atoms with Crippen LogP contribution in [0.3, 0.4) is 0 Å². The zero-order chi connectivity index (χ0) is 18.6. The van der Waals surface area contributed by atoms with Crippen LogP contribution in [0.4, 0.5) is 19.3 Å². The number of alkyl halides is 2. The molecule has 0 aromatic heterocycles. The van der Waals surface area contributed by atoms with Crippen molar-refractivity contribution in [2.24, 2.45) is 0 Å². The molecule has 1 heterocycles. The predicted octanol–water partition coefficient (Wildman–Crippen LogP) is 3.76. The molecule has 0 saturated carbocycles. The van der Waals surface area contributed by atoms with Crippen LogP contribution in [0.2, 0.25) is 0 Å². The zero-order valence-corrected chi connectivity index (χ0v) is 14.7. The Hall–Kier alpha value is -2.41. The van der Waals surface area contributed by atoms with Crippen LogP contribution in [0.15, 0.2) is 48.1 Å². The molecule has 2 aliphatic rings. The summed E-state index contributed by atoms with van der Waals surface area (Å²) in [6.07, 6.45) is 5.60. The van der Waals surface area contributed by atoms with Gasteiger partial charge in [0, 0.05) is 32.2 Å². The van der Waals surface area contributed by atoms with Crippen molar-refractivity contribution < 1.29 is 18.3 Å². The molecule has 1 saturated heterocycles. The molecule has 1 fully saturated rings. The number of hydrogen-bond acceptors (Lipinski definition) is 3. The molecular weight excluding hydrogens is 340 g/mol. The van der Waals surface area contributed by atoms with Gasteiger partial charge < -0.3 is 15.4 Å². The Kier molecular flexibility index (Phi) is 5.56. The Balaban J connectivity index is 1.38. The van der Waals surface area contributed by atoms with Crippen molar-refractivity contribution in [2.45, 2.75) is 31.9 Å². The molecule has 0 spiro atoms. The maximum Gasteiger partial charge on any atom is 0.394 e. The molecule has 2 amide bonds. The molecule has 2 N–H and O–H groups in total. The van der Waals surface area contributed by atoms with Gasteiger partial charge in [-0.15, -0.1) is 0 Å². The lowest BCUT2D eigenvalue weighted by Gasteiger charge is -2.39. The standard InChI is InChI=1S/C19H23F2N3O2/c1-19(20,21)26-17-9-7-15(8-10-17)22-18(25)23-16-12-24(13-16)11-14-5-3-2-4-6-14/h3,5-10,16H,2,4,11-13H2,1H3,(H2,22,23,25). The minimum atomic E-state index is -3.23. The van der Waals surface area contributed by atoms with E-state index in [1.54, 1.807) is 0 Å². The van der Waals surface area contributed by atoms with Gasteiger partial charge in [-0.3, -0.25) is 4.90 Å². The number of carbonyl (C=O) groups excluding carboxylic acids is 1. The number of ether oxygens (including phenoxy) is 1. The second-order valence-electron chi connectivity index (χ2n) is 6.68. The fourth-order valence-corrected chi connectivity index (χ4v) is 3.00. The average molecular weight is 363 g/mol. The lowest BCUT2D eigenvalue weighted by atomic mass is 10.0. The van der Waals surface area contributed by atoms with Gasteiger partial charge in [-0.05, 0) is 42.7 Å². The summed E-state index contributed by atoms with van der Waals surface area (Å²) in [7, 11) is 0. The highest BCUT2D eigenvalue weighted by Gasteiger charge is 2.28. The first kappa shape index (κ1) is 18.4. The van der Waals surface area contributed by atoms with Crippen LogP contribution in [0.5, 0.6) is 5.75 Å². The number of nitrogens with zero attached hydrogens (tertiary/aromatic N) is 1. The van der Waals surface area contributed by atoms with E-state index in [9.17, 15) is 13.6 Å². The van der Waals surface area contributed by atoms with Crippen molar-refractivity contribution in [3.05, 3.63) is 48.1 Å². The Bertz CT molecular complexity index is 690. The maximum absolute atomic E-state index is 12.8. The van der Waals surface area contributed by atoms with Gasteiger partial charge in [-0.2, -0.15) is 8.78 Å². The third-order valence-electron chi connectivity index (χ3n) is 4.18. The number of carbonyl (C=O) groups is 1. The van der Waals surface area contributed by atoms with Gasteiger partial charge in [0.2, 0.25) is 0 Å². The molecule has 1 aromatic carbocycles. The van der Waals surface area contributed by atoms with Gasteiger partial charge in [0.05, 0.1) is 6.04 Å². The largest absolute Gasteiger partial charge is 0.433 e. The van der Waals surface area contributed by atoms with Crippen LogP contribution in [0.1, 0.15) is 19.8 Å². The van der Waals surface area contributed by atoms with E-state index in [1.807, 2.05) is 0 Å². The van der Waals surface area contributed by atoms with Crippen molar-refractivity contribution in [2.75, 3.05) is 25.0 Å². The fraction of sp³-hybridized carbons (Fsp3) is 0.421. The monoisotopic (exact) mass is 363 g/mol. The van der Waals surface area contributed by atoms with E-state index in [1.165, 1.54) is 29.8 Å². The second-order valence-corrected chi connectivity index (χ2v) is 6.68. The van der Waals surface area contributed by atoms with E-state index in [0.717, 1.165) is 32.5 Å². The molecule has 0 radical (unpaired) electrons. The molecule has 0 atom stereocenters. The number of hydrogen-bond donors (Lipinski definition) is 2. The topological polar surface area (TPSA) is 53.6 Å². The molecule has 1 aliphatic carbocycles. The number of nitrogens with one attached hydrogen (secondary N) is 2. The number of amides is 2. The summed E-state index contributed by atoms with van der Waals surface area (Å²) in [5.41, 5.74) is 1.85. The summed E-state index contributed by atoms with van der Waals surface area (Å²) in [6, 6.07) is 5.64. The predicted molar refractivity (Wildman–Crippen MR) is 96.5 cm³/mol. The number of anilines is 1. The van der Waals surface area contributed by atoms with Gasteiger partial charge in [-0.1, -0.05) is 18.2 Å². The van der Waals surface area contributed by atoms with Gasteiger partial charge in [-0.25, -0.2) is 4.79 Å². The van der Waals surface area contributed by atoms with E-state index in [-0.39, 0.29) is 17.8 Å². The molecule has 3 rings (SSSR count). The number of halogens is 2. The molecular formula is C19H23F2N3O2. The molecule has 5 nitrogen and oxygen atoms in total. The maximum atomic E-state index is 12.8. The van der Waals surface area contributed by atoms with Gasteiger partial charge in [0.1, 0.15) is 5.75 Å². The van der Waals surface area contributed by atoms with Crippen molar-refractivity contribution in [1.29, 1.82) is 0 Å². The normalized spacial score (nSPS) is 18.0. The first-order valence-electron chi connectivity index (χ1n) is 8.70. The van der Waals surface area contributed by atoms with Gasteiger partial charge >= 0.3 is 12.1 Å². The lowest BCUT2D eigenvalue weighted by Crippen LogP contribution is -2.60. The van der Waals surface area contributed by atoms with Crippen LogP contribution < -0.4 is 15.4 Å². The van der Waals surface area contributed by atoms with Crippen molar-refractivity contribution in [3.63, 3.8) is 0 Å². The molecule has 26 heavy (non-hydrogen) atoms. The van der Waals surface area contributed by atoms with E-state index in [0.29, 0.717) is 12.6 Å². The summed E-state index contributed by atoms with van der Waals surface area (Å²) in [5.74, 6) is 0.0455. The SMILES string of the molecule is CC(F)(F)Oc1ccc(NC(=O)NC2CN(CC3=CCCC=C3)C2)cc1. The van der Waals surface area contributed by atoms with Crippen molar-refractivity contribution in [1.82, 2.24) is 10.2 Å². The molecule has 0 bridgehead atoms. The third-order valence-corrected chi connectivity index (χ3v) is 4.18. The van der Waals surface area contributed by atoms with E-state index in [4.69, 9.17) is 0 Å². The molecule has 7 heteroatoms. The van der Waals surface area contributed by atoms with Crippen molar-refractivity contribution >= 4 is 11.7 Å². The number of rotatable bonds is 6. The quantitative estimate of drug-likeness (QED) is 0.809. The lowest BCUT2D eigenvalue weighted by molar-refractivity contribution is -0.158. The van der Waals surface area contributed by atoms with Crippen LogP contribution in [0, 0.1) is 0 Å². The minimum Gasteiger partial charge on any atom is -0.433 e. The molecule has 1 aromatic rings. The average Bonchev–Trinajstić information content (AvgIpc) is 2.54. The highest BCUT2D eigenvalue weighted by molar-refractivity contribution is 5.89. The Labute approximate surface area is 151 Å². The van der Waals surface area contributed by atoms with Crippen LogP contribution in [-0.2, 0) is 0 Å². The Morgan fingerprint density at radius 3 is 2.62 bits per heavy atom. The number of urea groups is 1. The zero-order valence-electron chi connectivity index (χ0n) is 14.7. The summed E-state index contributed by atoms with van der Waals surface area (Å²) in [4.78, 5) is 14.3. The minimum absolute atomic E-state index is 0.0455. The third kappa shape index (κ3) is 5.56. The fourth-order valence-electron chi connectivity index (χ4n) is 3.00. The summed E-state index contributed by atoms with van der Waals surface area (Å²) in [5, 5.41) is 5.60. The summed E-state index contributed by atoms with van der Waals surface area (Å²) >= 11 is 0. The Morgan fingerprint density at radius 1 is 1.27 bits per heavy atom. The first-order valence-corrected chi connectivity index (χ1v) is 8.70. The first-order chi connectivity index (χ1) is 12.4. The van der Waals surface area contributed by atoms with Crippen LogP contribution >= 0.6 is 0 Å². The number of allylic oxidation sites excluding steroid dienone is 2. The molecule has 140 valence electrons. The molecule has 0 unspecified atom stereocenters. The summed E-state index contributed by atoms with van der Waals surface area (Å²) in [6.45, 7) is 3.23. The van der Waals surface area contributed by atoms with Crippen molar-refractivity contribution in [3.8, 4) is 5.75 Å². The number of benzene rings is 1. The van der Waals surface area contributed by atoms with E-state index >= 15 is 0 Å². The highest BCUT2D eigenvalue weighted by atomic mass is 19.3.